The molecule has 1 amide bonds. The fourth-order valence-electron chi connectivity index (χ4n) is 2.85. The smallest absolute Gasteiger partial charge is 0.358 e. The van der Waals surface area contributed by atoms with Crippen molar-refractivity contribution in [3.05, 3.63) is 55.9 Å². The average molecular weight is 484 g/mol. The van der Waals surface area contributed by atoms with Crippen molar-refractivity contribution in [3.8, 4) is 0 Å². The Morgan fingerprint density at radius 2 is 2.06 bits per heavy atom. The molecular formula is C18H19Cl2N7O3S. The molecule has 3 rings (SSSR count). The lowest BCUT2D eigenvalue weighted by Crippen LogP contribution is -2.15. The van der Waals surface area contributed by atoms with Crippen LogP contribution in [-0.2, 0) is 24.3 Å². The molecule has 0 spiro atoms. The van der Waals surface area contributed by atoms with Crippen LogP contribution in [0.5, 0.6) is 0 Å². The second kappa shape index (κ2) is 10.1. The second-order valence-corrected chi connectivity index (χ2v) is 8.26. The molecule has 31 heavy (non-hydrogen) atoms. The first kappa shape index (κ1) is 23.0. The number of aromatic nitrogens is 5. The van der Waals surface area contributed by atoms with Gasteiger partial charge in [-0.3, -0.25) is 4.79 Å². The number of amides is 1. The predicted octanol–water partition coefficient (Wildman–Crippen LogP) is 3.99. The molecule has 1 N–H and O–H groups in total. The second-order valence-electron chi connectivity index (χ2n) is 6.48. The summed E-state index contributed by atoms with van der Waals surface area (Å²) in [5, 5.41) is 27.4. The number of thioether (sulfide) groups is 1. The van der Waals surface area contributed by atoms with Gasteiger partial charge in [0.2, 0.25) is 5.91 Å². The monoisotopic (exact) mass is 483 g/mol. The van der Waals surface area contributed by atoms with Crippen molar-refractivity contribution in [2.24, 2.45) is 0 Å². The standard InChI is InChI=1S/C18H19Cl2N7O3S/c1-3-25-15(6-7-26-11(2)8-16(24-26)27(29)30)22-23-18(25)31-10-17(28)21-14-9-12(19)4-5-13(14)20/h4-5,8-9H,3,6-7,10H2,1-2H3,(H,21,28). The van der Waals surface area contributed by atoms with E-state index in [1.807, 2.05) is 11.5 Å². The zero-order chi connectivity index (χ0) is 22.5. The normalized spacial score (nSPS) is 11.0. The Morgan fingerprint density at radius 1 is 1.29 bits per heavy atom. The minimum atomic E-state index is -0.519. The number of hydrogen-bond donors (Lipinski definition) is 1. The van der Waals surface area contributed by atoms with Crippen molar-refractivity contribution in [3.63, 3.8) is 0 Å². The van der Waals surface area contributed by atoms with E-state index in [9.17, 15) is 14.9 Å². The van der Waals surface area contributed by atoms with Crippen LogP contribution >= 0.6 is 35.0 Å². The molecule has 0 saturated heterocycles. The lowest BCUT2D eigenvalue weighted by molar-refractivity contribution is -0.389. The van der Waals surface area contributed by atoms with E-state index in [0.717, 1.165) is 0 Å². The molecule has 0 saturated carbocycles. The van der Waals surface area contributed by atoms with Crippen molar-refractivity contribution in [2.75, 3.05) is 11.1 Å². The molecule has 0 unspecified atom stereocenters. The predicted molar refractivity (Wildman–Crippen MR) is 119 cm³/mol. The highest BCUT2D eigenvalue weighted by Gasteiger charge is 2.18. The van der Waals surface area contributed by atoms with Crippen LogP contribution in [0.4, 0.5) is 11.5 Å². The summed E-state index contributed by atoms with van der Waals surface area (Å²) in [6.07, 6.45) is 0.491. The van der Waals surface area contributed by atoms with Crippen molar-refractivity contribution in [2.45, 2.75) is 38.5 Å². The Kier molecular flexibility index (Phi) is 7.52. The third-order valence-corrected chi connectivity index (χ3v) is 5.88. The van der Waals surface area contributed by atoms with E-state index >= 15 is 0 Å². The molecule has 0 radical (unpaired) electrons. The lowest BCUT2D eigenvalue weighted by atomic mass is 10.3. The van der Waals surface area contributed by atoms with Crippen LogP contribution in [0.1, 0.15) is 18.4 Å². The van der Waals surface area contributed by atoms with Crippen molar-refractivity contribution >= 4 is 52.4 Å². The Morgan fingerprint density at radius 3 is 2.74 bits per heavy atom. The van der Waals surface area contributed by atoms with E-state index in [1.54, 1.807) is 29.8 Å². The van der Waals surface area contributed by atoms with Crippen LogP contribution in [0.15, 0.2) is 29.4 Å². The molecule has 0 fully saturated rings. The number of benzene rings is 1. The van der Waals surface area contributed by atoms with Gasteiger partial charge in [0, 0.05) is 18.0 Å². The van der Waals surface area contributed by atoms with Gasteiger partial charge in [0.1, 0.15) is 5.82 Å². The Balaban J connectivity index is 1.61. The summed E-state index contributed by atoms with van der Waals surface area (Å²) in [7, 11) is 0. The highest BCUT2D eigenvalue weighted by atomic mass is 35.5. The number of carbonyl (C=O) groups excluding carboxylic acids is 1. The molecule has 164 valence electrons. The van der Waals surface area contributed by atoms with Crippen LogP contribution in [0.3, 0.4) is 0 Å². The summed E-state index contributed by atoms with van der Waals surface area (Å²) in [5.41, 5.74) is 1.14. The van der Waals surface area contributed by atoms with Gasteiger partial charge < -0.3 is 20.0 Å². The maximum Gasteiger partial charge on any atom is 0.390 e. The summed E-state index contributed by atoms with van der Waals surface area (Å²) in [6.45, 7) is 4.75. The summed E-state index contributed by atoms with van der Waals surface area (Å²) >= 11 is 13.3. The molecule has 2 aromatic heterocycles. The van der Waals surface area contributed by atoms with E-state index in [-0.39, 0.29) is 17.5 Å². The maximum absolute atomic E-state index is 12.3. The Bertz CT molecular complexity index is 1120. The fourth-order valence-corrected chi connectivity index (χ4v) is 4.01. The first-order valence-corrected chi connectivity index (χ1v) is 11.0. The van der Waals surface area contributed by atoms with Gasteiger partial charge in [-0.15, -0.1) is 10.2 Å². The van der Waals surface area contributed by atoms with Gasteiger partial charge in [-0.2, -0.15) is 4.68 Å². The zero-order valence-electron chi connectivity index (χ0n) is 16.7. The molecule has 2 heterocycles. The number of carbonyl (C=O) groups is 1. The molecule has 10 nitrogen and oxygen atoms in total. The number of nitrogens with one attached hydrogen (secondary N) is 1. The molecule has 0 aliphatic rings. The maximum atomic E-state index is 12.3. The zero-order valence-corrected chi connectivity index (χ0v) is 19.0. The van der Waals surface area contributed by atoms with Crippen molar-refractivity contribution in [1.29, 1.82) is 0 Å². The number of aryl methyl sites for hydroxylation is 3. The number of hydrogen-bond acceptors (Lipinski definition) is 7. The Labute approximate surface area is 192 Å². The quantitative estimate of drug-likeness (QED) is 0.277. The van der Waals surface area contributed by atoms with Gasteiger partial charge in [-0.05, 0) is 37.0 Å². The largest absolute Gasteiger partial charge is 0.390 e. The van der Waals surface area contributed by atoms with Gasteiger partial charge in [0.15, 0.2) is 5.16 Å². The molecule has 0 aliphatic heterocycles. The van der Waals surface area contributed by atoms with Gasteiger partial charge in [-0.1, -0.05) is 35.0 Å². The minimum absolute atomic E-state index is 0.117. The summed E-state index contributed by atoms with van der Waals surface area (Å²) in [6, 6.07) is 6.27. The van der Waals surface area contributed by atoms with Crippen molar-refractivity contribution in [1.82, 2.24) is 24.5 Å². The van der Waals surface area contributed by atoms with Gasteiger partial charge in [-0.25, -0.2) is 0 Å². The highest BCUT2D eigenvalue weighted by molar-refractivity contribution is 7.99. The van der Waals surface area contributed by atoms with E-state index in [0.29, 0.717) is 51.9 Å². The number of rotatable bonds is 9. The van der Waals surface area contributed by atoms with Crippen LogP contribution in [-0.4, -0.2) is 41.1 Å². The summed E-state index contributed by atoms with van der Waals surface area (Å²) < 4.78 is 3.47. The van der Waals surface area contributed by atoms with E-state index in [1.165, 1.54) is 17.8 Å². The average Bonchev–Trinajstić information content (AvgIpc) is 3.30. The highest BCUT2D eigenvalue weighted by Crippen LogP contribution is 2.26. The van der Waals surface area contributed by atoms with Crippen molar-refractivity contribution < 1.29 is 9.72 Å². The third-order valence-electron chi connectivity index (χ3n) is 4.35. The molecule has 0 bridgehead atoms. The molecule has 0 aliphatic carbocycles. The summed E-state index contributed by atoms with van der Waals surface area (Å²) in [4.78, 5) is 22.7. The number of anilines is 1. The molecule has 3 aromatic rings. The van der Waals surface area contributed by atoms with Crippen LogP contribution in [0.2, 0.25) is 10.0 Å². The van der Waals surface area contributed by atoms with Gasteiger partial charge >= 0.3 is 5.82 Å². The molecular weight excluding hydrogens is 465 g/mol. The minimum Gasteiger partial charge on any atom is -0.358 e. The van der Waals surface area contributed by atoms with Crippen LogP contribution in [0.25, 0.3) is 0 Å². The van der Waals surface area contributed by atoms with Crippen LogP contribution < -0.4 is 5.32 Å². The van der Waals surface area contributed by atoms with Crippen LogP contribution in [0, 0.1) is 17.0 Å². The topological polar surface area (TPSA) is 121 Å². The van der Waals surface area contributed by atoms with Gasteiger partial charge in [0.05, 0.1) is 39.9 Å². The summed E-state index contributed by atoms with van der Waals surface area (Å²) in [5.74, 6) is 0.393. The van der Waals surface area contributed by atoms with E-state index in [4.69, 9.17) is 23.2 Å². The van der Waals surface area contributed by atoms with E-state index in [2.05, 4.69) is 20.6 Å². The SMILES string of the molecule is CCn1c(CCn2nc([N+](=O)[O-])cc2C)nnc1SCC(=O)Nc1cc(Cl)ccc1Cl. The Hall–Kier alpha value is -2.63. The third kappa shape index (κ3) is 5.75. The van der Waals surface area contributed by atoms with E-state index < -0.39 is 4.92 Å². The molecule has 0 atom stereocenters. The number of halogens is 2. The number of nitrogens with zero attached hydrogens (tertiary/aromatic N) is 6. The first-order chi connectivity index (χ1) is 14.8. The number of nitro groups is 1. The van der Waals surface area contributed by atoms with Gasteiger partial charge in [0.25, 0.3) is 0 Å². The first-order valence-electron chi connectivity index (χ1n) is 9.27. The lowest BCUT2D eigenvalue weighted by Gasteiger charge is -2.09. The fraction of sp³-hybridized carbons (Fsp3) is 0.333. The molecule has 13 heteroatoms. The molecule has 1 aromatic carbocycles.